The normalized spacial score (nSPS) is 16.5. The van der Waals surface area contributed by atoms with E-state index in [1.54, 1.807) is 12.1 Å². The van der Waals surface area contributed by atoms with E-state index in [-0.39, 0.29) is 10.2 Å². The van der Waals surface area contributed by atoms with Crippen LogP contribution < -0.4 is 10.5 Å². The van der Waals surface area contributed by atoms with Crippen molar-refractivity contribution in [2.45, 2.75) is 37.9 Å². The molecule has 0 bridgehead atoms. The van der Waals surface area contributed by atoms with Crippen molar-refractivity contribution >= 4 is 32.9 Å². The number of nitrogens with one attached hydrogen (secondary N) is 1. The van der Waals surface area contributed by atoms with Gasteiger partial charge < -0.3 is 5.73 Å². The fourth-order valence-corrected chi connectivity index (χ4v) is 4.38. The number of hydrogen-bond donors (Lipinski definition) is 2. The number of sulfonamides is 1. The van der Waals surface area contributed by atoms with Crippen LogP contribution >= 0.6 is 12.2 Å². The van der Waals surface area contributed by atoms with Gasteiger partial charge in [-0.3, -0.25) is 4.72 Å². The first-order chi connectivity index (χ1) is 8.92. The molecule has 1 aromatic carbocycles. The van der Waals surface area contributed by atoms with Crippen molar-refractivity contribution in [3.8, 4) is 0 Å². The molecule has 104 valence electrons. The molecule has 0 amide bonds. The zero-order valence-electron chi connectivity index (χ0n) is 10.8. The van der Waals surface area contributed by atoms with Crippen LogP contribution in [-0.4, -0.2) is 18.7 Å². The van der Waals surface area contributed by atoms with E-state index in [2.05, 4.69) is 4.72 Å². The number of thiocarbonyl (C=S) groups is 1. The Kier molecular flexibility index (Phi) is 4.10. The molecule has 1 saturated carbocycles. The van der Waals surface area contributed by atoms with Gasteiger partial charge in [-0.15, -0.1) is 0 Å². The number of nitrogens with two attached hydrogens (primary N) is 1. The summed E-state index contributed by atoms with van der Waals surface area (Å²) in [5.41, 5.74) is 7.65. The van der Waals surface area contributed by atoms with Crippen LogP contribution in [0.15, 0.2) is 18.2 Å². The van der Waals surface area contributed by atoms with Crippen LogP contribution in [0.5, 0.6) is 0 Å². The standard InChI is InChI=1S/C13H18N2O2S2/c1-9-5-4-8-11(12(9)13(14)18)15-19(16,17)10-6-2-3-7-10/h4-5,8,10,15H,2-3,6-7H2,1H3,(H2,14,18). The van der Waals surface area contributed by atoms with Crippen LogP contribution in [-0.2, 0) is 10.0 Å². The van der Waals surface area contributed by atoms with Gasteiger partial charge in [0.15, 0.2) is 0 Å². The Balaban J connectivity index is 2.33. The van der Waals surface area contributed by atoms with E-state index in [0.717, 1.165) is 31.2 Å². The molecule has 1 aliphatic carbocycles. The van der Waals surface area contributed by atoms with Gasteiger partial charge in [0, 0.05) is 5.56 Å². The molecule has 0 spiro atoms. The molecule has 0 radical (unpaired) electrons. The van der Waals surface area contributed by atoms with Gasteiger partial charge in [-0.05, 0) is 31.4 Å². The molecule has 4 nitrogen and oxygen atoms in total. The van der Waals surface area contributed by atoms with Gasteiger partial charge in [-0.2, -0.15) is 0 Å². The molecule has 19 heavy (non-hydrogen) atoms. The minimum atomic E-state index is -3.35. The van der Waals surface area contributed by atoms with Crippen molar-refractivity contribution in [3.05, 3.63) is 29.3 Å². The summed E-state index contributed by atoms with van der Waals surface area (Å²) in [7, 11) is -3.35. The molecule has 1 fully saturated rings. The van der Waals surface area contributed by atoms with E-state index in [9.17, 15) is 8.42 Å². The van der Waals surface area contributed by atoms with Crippen LogP contribution in [0.25, 0.3) is 0 Å². The minimum absolute atomic E-state index is 0.210. The highest BCUT2D eigenvalue weighted by molar-refractivity contribution is 7.93. The highest BCUT2D eigenvalue weighted by Crippen LogP contribution is 2.28. The van der Waals surface area contributed by atoms with E-state index in [1.165, 1.54) is 0 Å². The van der Waals surface area contributed by atoms with Gasteiger partial charge in [0.1, 0.15) is 4.99 Å². The molecule has 0 unspecified atom stereocenters. The Hall–Kier alpha value is -1.14. The van der Waals surface area contributed by atoms with Crippen molar-refractivity contribution in [1.82, 2.24) is 0 Å². The smallest absolute Gasteiger partial charge is 0.235 e. The summed E-state index contributed by atoms with van der Waals surface area (Å²) in [6.45, 7) is 1.86. The number of aryl methyl sites for hydroxylation is 1. The highest BCUT2D eigenvalue weighted by Gasteiger charge is 2.29. The van der Waals surface area contributed by atoms with Crippen LogP contribution in [0.4, 0.5) is 5.69 Å². The van der Waals surface area contributed by atoms with Gasteiger partial charge in [-0.1, -0.05) is 37.2 Å². The minimum Gasteiger partial charge on any atom is -0.389 e. The third-order valence-corrected chi connectivity index (χ3v) is 5.57. The molecule has 0 atom stereocenters. The van der Waals surface area contributed by atoms with E-state index in [0.29, 0.717) is 11.3 Å². The van der Waals surface area contributed by atoms with Crippen LogP contribution in [0.1, 0.15) is 36.8 Å². The first-order valence-electron chi connectivity index (χ1n) is 6.33. The second-order valence-corrected chi connectivity index (χ2v) is 7.32. The lowest BCUT2D eigenvalue weighted by molar-refractivity contribution is 0.585. The lowest BCUT2D eigenvalue weighted by Gasteiger charge is -2.17. The molecule has 0 heterocycles. The third kappa shape index (κ3) is 3.06. The summed E-state index contributed by atoms with van der Waals surface area (Å²) >= 11 is 5.00. The molecular formula is C13H18N2O2S2. The van der Waals surface area contributed by atoms with Crippen molar-refractivity contribution in [1.29, 1.82) is 0 Å². The van der Waals surface area contributed by atoms with Gasteiger partial charge in [0.25, 0.3) is 0 Å². The summed E-state index contributed by atoms with van der Waals surface area (Å²) in [5.74, 6) is 0. The maximum atomic E-state index is 12.3. The maximum absolute atomic E-state index is 12.3. The van der Waals surface area contributed by atoms with Crippen molar-refractivity contribution in [2.75, 3.05) is 4.72 Å². The molecule has 6 heteroatoms. The molecule has 2 rings (SSSR count). The summed E-state index contributed by atoms with van der Waals surface area (Å²) in [5, 5.41) is -0.299. The quantitative estimate of drug-likeness (QED) is 0.837. The molecule has 1 aromatic rings. The zero-order chi connectivity index (χ0) is 14.0. The topological polar surface area (TPSA) is 72.2 Å². The number of anilines is 1. The lowest BCUT2D eigenvalue weighted by atomic mass is 10.1. The first-order valence-corrected chi connectivity index (χ1v) is 8.28. The molecule has 0 saturated heterocycles. The Morgan fingerprint density at radius 3 is 2.58 bits per heavy atom. The first kappa shape index (κ1) is 14.3. The molecule has 3 N–H and O–H groups in total. The zero-order valence-corrected chi connectivity index (χ0v) is 12.5. The Morgan fingerprint density at radius 1 is 1.37 bits per heavy atom. The van der Waals surface area contributed by atoms with E-state index >= 15 is 0 Å². The summed E-state index contributed by atoms with van der Waals surface area (Å²) in [4.78, 5) is 0.210. The third-order valence-electron chi connectivity index (χ3n) is 3.51. The Morgan fingerprint density at radius 2 is 2.00 bits per heavy atom. The van der Waals surface area contributed by atoms with Crippen molar-refractivity contribution < 1.29 is 8.42 Å². The maximum Gasteiger partial charge on any atom is 0.235 e. The number of rotatable bonds is 4. The number of hydrogen-bond acceptors (Lipinski definition) is 3. The number of benzene rings is 1. The van der Waals surface area contributed by atoms with E-state index in [4.69, 9.17) is 18.0 Å². The van der Waals surface area contributed by atoms with Gasteiger partial charge >= 0.3 is 0 Å². The van der Waals surface area contributed by atoms with Crippen LogP contribution in [0.3, 0.4) is 0 Å². The molecule has 1 aliphatic rings. The van der Waals surface area contributed by atoms with Crippen molar-refractivity contribution in [3.63, 3.8) is 0 Å². The van der Waals surface area contributed by atoms with Gasteiger partial charge in [0.05, 0.1) is 10.9 Å². The van der Waals surface area contributed by atoms with Gasteiger partial charge in [-0.25, -0.2) is 8.42 Å². The average molecular weight is 298 g/mol. The predicted octanol–water partition coefficient (Wildman–Crippen LogP) is 2.31. The lowest BCUT2D eigenvalue weighted by Crippen LogP contribution is -2.27. The summed E-state index contributed by atoms with van der Waals surface area (Å²) in [6, 6.07) is 5.36. The summed E-state index contributed by atoms with van der Waals surface area (Å²) < 4.78 is 27.2. The largest absolute Gasteiger partial charge is 0.389 e. The monoisotopic (exact) mass is 298 g/mol. The second kappa shape index (κ2) is 5.46. The highest BCUT2D eigenvalue weighted by atomic mass is 32.2. The summed E-state index contributed by atoms with van der Waals surface area (Å²) in [6.07, 6.45) is 3.40. The average Bonchev–Trinajstić information content (AvgIpc) is 2.81. The molecule has 0 aliphatic heterocycles. The van der Waals surface area contributed by atoms with E-state index < -0.39 is 10.0 Å². The Bertz CT molecular complexity index is 591. The predicted molar refractivity (Wildman–Crippen MR) is 81.9 cm³/mol. The Labute approximate surface area is 119 Å². The fraction of sp³-hybridized carbons (Fsp3) is 0.462. The molecular weight excluding hydrogens is 280 g/mol. The van der Waals surface area contributed by atoms with Gasteiger partial charge in [0.2, 0.25) is 10.0 Å². The SMILES string of the molecule is Cc1cccc(NS(=O)(=O)C2CCCC2)c1C(N)=S. The van der Waals surface area contributed by atoms with E-state index in [1.807, 2.05) is 13.0 Å². The van der Waals surface area contributed by atoms with Crippen LogP contribution in [0.2, 0.25) is 0 Å². The molecule has 0 aromatic heterocycles. The second-order valence-electron chi connectivity index (χ2n) is 4.92. The van der Waals surface area contributed by atoms with Crippen molar-refractivity contribution in [2.24, 2.45) is 5.73 Å². The van der Waals surface area contributed by atoms with Crippen LogP contribution in [0, 0.1) is 6.92 Å². The fourth-order valence-electron chi connectivity index (χ4n) is 2.52.